The van der Waals surface area contributed by atoms with Crippen LogP contribution in [0, 0.1) is 13.8 Å². The Kier molecular flexibility index (Phi) is 5.08. The van der Waals surface area contributed by atoms with Crippen molar-refractivity contribution >= 4 is 58.2 Å². The number of aromatic nitrogens is 1. The second-order valence-corrected chi connectivity index (χ2v) is 10.7. The molecule has 0 unspecified atom stereocenters. The molecule has 0 saturated carbocycles. The zero-order valence-electron chi connectivity index (χ0n) is 18.4. The summed E-state index contributed by atoms with van der Waals surface area (Å²) in [4.78, 5) is 13.8. The molecule has 0 N–H and O–H groups in total. The maximum Gasteiger partial charge on any atom is 0.679 e. The van der Waals surface area contributed by atoms with E-state index in [-0.39, 0.29) is 5.82 Å². The molecule has 0 saturated heterocycles. The standard InChI is InChI=1S/C26H18BF2N3S2/c1-15-11-13-21(33-15)23-17-7-3-5-9-19(17)25(30-23)31-26-20-10-6-4-8-18(20)24(32(26)27(28)29)22-14-12-16(2)34-22/h3-14H,1-2H3/b31-25+. The number of rotatable bonds is 4. The van der Waals surface area contributed by atoms with Gasteiger partial charge in [0.25, 0.3) is 0 Å². The third-order valence-electron chi connectivity index (χ3n) is 5.89. The van der Waals surface area contributed by atoms with E-state index < -0.39 is 7.40 Å². The Morgan fingerprint density at radius 2 is 1.38 bits per heavy atom. The minimum absolute atomic E-state index is 0.226. The number of fused-ring (bicyclic) bond motifs is 2. The van der Waals surface area contributed by atoms with E-state index in [1.54, 1.807) is 11.3 Å². The van der Waals surface area contributed by atoms with Gasteiger partial charge in [0, 0.05) is 31.7 Å². The number of hydrogen-bond acceptors (Lipinski definition) is 3. The molecular formula is C26H18BF2N3S2. The molecule has 8 heteroatoms. The van der Waals surface area contributed by atoms with E-state index in [4.69, 9.17) is 9.98 Å². The molecular weight excluding hydrogens is 467 g/mol. The monoisotopic (exact) mass is 485 g/mol. The molecule has 2 aromatic carbocycles. The van der Waals surface area contributed by atoms with Crippen molar-refractivity contribution in [3.63, 3.8) is 0 Å². The average Bonchev–Trinajstić information content (AvgIpc) is 3.59. The first-order valence-electron chi connectivity index (χ1n) is 10.8. The second kappa shape index (κ2) is 8.15. The Bertz CT molecular complexity index is 1620. The van der Waals surface area contributed by atoms with Crippen LogP contribution in [-0.2, 0) is 0 Å². The maximum atomic E-state index is 14.6. The summed E-state index contributed by atoms with van der Waals surface area (Å²) in [6, 6.07) is 23.3. The lowest BCUT2D eigenvalue weighted by atomic mass is 10.0. The zero-order valence-corrected chi connectivity index (χ0v) is 20.1. The van der Waals surface area contributed by atoms with Gasteiger partial charge in [-0.05, 0) is 38.1 Å². The van der Waals surface area contributed by atoms with Crippen molar-refractivity contribution in [1.29, 1.82) is 0 Å². The molecule has 166 valence electrons. The van der Waals surface area contributed by atoms with E-state index in [9.17, 15) is 8.63 Å². The van der Waals surface area contributed by atoms with E-state index in [0.29, 0.717) is 16.9 Å². The Morgan fingerprint density at radius 3 is 2.03 bits per heavy atom. The Labute approximate surface area is 204 Å². The lowest BCUT2D eigenvalue weighted by Gasteiger charge is -2.07. The lowest BCUT2D eigenvalue weighted by molar-refractivity contribution is 0.633. The highest BCUT2D eigenvalue weighted by molar-refractivity contribution is 7.15. The Hall–Kier alpha value is -3.36. The van der Waals surface area contributed by atoms with Crippen LogP contribution in [0.2, 0.25) is 0 Å². The van der Waals surface area contributed by atoms with E-state index in [1.165, 1.54) is 16.2 Å². The minimum Gasteiger partial charge on any atom is -0.308 e. The first kappa shape index (κ1) is 21.2. The molecule has 0 fully saturated rings. The van der Waals surface area contributed by atoms with Gasteiger partial charge >= 0.3 is 7.40 Å². The van der Waals surface area contributed by atoms with Gasteiger partial charge in [0.1, 0.15) is 5.82 Å². The van der Waals surface area contributed by atoms with E-state index in [1.807, 2.05) is 73.7 Å². The molecule has 5 aromatic rings. The summed E-state index contributed by atoms with van der Waals surface area (Å²) >= 11 is 3.16. The molecule has 3 nitrogen and oxygen atoms in total. The van der Waals surface area contributed by atoms with Gasteiger partial charge in [0.15, 0.2) is 5.84 Å². The van der Waals surface area contributed by atoms with Gasteiger partial charge in [-0.25, -0.2) is 9.98 Å². The number of aliphatic imine (C=N–C) groups is 2. The molecule has 1 aliphatic heterocycles. The summed E-state index contributed by atoms with van der Waals surface area (Å²) in [7, 11) is -2.75. The number of hydrogen-bond donors (Lipinski definition) is 0. The van der Waals surface area contributed by atoms with Gasteiger partial charge in [-0.2, -0.15) is 0 Å². The van der Waals surface area contributed by atoms with Gasteiger partial charge in [-0.15, -0.1) is 22.7 Å². The highest BCUT2D eigenvalue weighted by Gasteiger charge is 2.31. The first-order valence-corrected chi connectivity index (χ1v) is 12.5. The third kappa shape index (κ3) is 3.37. The SMILES string of the molecule is Cc1ccc(C2=N/C(=N/c3c4ccccc4c(-c4ccc(C)s4)n3B(F)F)c3ccccc32)s1. The fourth-order valence-electron chi connectivity index (χ4n) is 4.41. The summed E-state index contributed by atoms with van der Waals surface area (Å²) in [5, 5.41) is 1.44. The smallest absolute Gasteiger partial charge is 0.308 e. The molecule has 0 bridgehead atoms. The number of amidine groups is 1. The second-order valence-electron chi connectivity index (χ2n) is 8.13. The lowest BCUT2D eigenvalue weighted by Crippen LogP contribution is -2.13. The van der Waals surface area contributed by atoms with Crippen LogP contribution in [-0.4, -0.2) is 23.4 Å². The van der Waals surface area contributed by atoms with E-state index in [0.717, 1.165) is 41.3 Å². The van der Waals surface area contributed by atoms with E-state index >= 15 is 0 Å². The molecule has 34 heavy (non-hydrogen) atoms. The minimum atomic E-state index is -2.75. The van der Waals surface area contributed by atoms with Crippen LogP contribution in [0.3, 0.4) is 0 Å². The van der Waals surface area contributed by atoms with Gasteiger partial charge in [-0.1, -0.05) is 48.5 Å². The molecule has 0 aliphatic carbocycles. The van der Waals surface area contributed by atoms with Crippen LogP contribution in [0.1, 0.15) is 25.8 Å². The average molecular weight is 485 g/mol. The van der Waals surface area contributed by atoms with Crippen molar-refractivity contribution in [3.8, 4) is 10.6 Å². The van der Waals surface area contributed by atoms with Gasteiger partial charge in [-0.3, -0.25) is 8.63 Å². The zero-order chi connectivity index (χ0) is 23.4. The Balaban J connectivity index is 1.63. The van der Waals surface area contributed by atoms with Crippen LogP contribution < -0.4 is 0 Å². The molecule has 0 spiro atoms. The summed E-state index contributed by atoms with van der Waals surface area (Å²) in [5.74, 6) is 0.680. The predicted octanol–water partition coefficient (Wildman–Crippen LogP) is 7.75. The molecule has 0 radical (unpaired) electrons. The topological polar surface area (TPSA) is 29.6 Å². The third-order valence-corrected chi connectivity index (χ3v) is 7.90. The molecule has 4 heterocycles. The highest BCUT2D eigenvalue weighted by atomic mass is 32.1. The first-order chi connectivity index (χ1) is 16.5. The number of aryl methyl sites for hydroxylation is 2. The van der Waals surface area contributed by atoms with Crippen molar-refractivity contribution in [1.82, 2.24) is 4.48 Å². The molecule has 0 atom stereocenters. The number of thiophene rings is 2. The largest absolute Gasteiger partial charge is 0.679 e. The summed E-state index contributed by atoms with van der Waals surface area (Å²) in [6.45, 7) is 4.03. The fourth-order valence-corrected chi connectivity index (χ4v) is 6.21. The summed E-state index contributed by atoms with van der Waals surface area (Å²) in [6.07, 6.45) is 0. The number of nitrogens with zero attached hydrogens (tertiary/aromatic N) is 3. The molecule has 1 aliphatic rings. The van der Waals surface area contributed by atoms with Gasteiger partial charge in [0.05, 0.1) is 21.2 Å². The van der Waals surface area contributed by atoms with E-state index in [2.05, 4.69) is 13.0 Å². The number of benzene rings is 2. The summed E-state index contributed by atoms with van der Waals surface area (Å²) in [5.41, 5.74) is 3.15. The summed E-state index contributed by atoms with van der Waals surface area (Å²) < 4.78 is 30.2. The highest BCUT2D eigenvalue weighted by Crippen LogP contribution is 2.42. The van der Waals surface area contributed by atoms with Crippen LogP contribution in [0.15, 0.2) is 82.8 Å². The van der Waals surface area contributed by atoms with Crippen molar-refractivity contribution in [2.75, 3.05) is 0 Å². The van der Waals surface area contributed by atoms with Crippen molar-refractivity contribution in [2.24, 2.45) is 9.98 Å². The van der Waals surface area contributed by atoms with Crippen molar-refractivity contribution in [2.45, 2.75) is 13.8 Å². The Morgan fingerprint density at radius 1 is 0.765 bits per heavy atom. The maximum absolute atomic E-state index is 14.6. The van der Waals surface area contributed by atoms with Crippen LogP contribution in [0.4, 0.5) is 14.4 Å². The normalized spacial score (nSPS) is 14.1. The predicted molar refractivity (Wildman–Crippen MR) is 141 cm³/mol. The van der Waals surface area contributed by atoms with Crippen LogP contribution in [0.25, 0.3) is 21.3 Å². The van der Waals surface area contributed by atoms with Crippen LogP contribution >= 0.6 is 22.7 Å². The van der Waals surface area contributed by atoms with Crippen LogP contribution in [0.5, 0.6) is 0 Å². The van der Waals surface area contributed by atoms with Gasteiger partial charge in [0.2, 0.25) is 0 Å². The van der Waals surface area contributed by atoms with Gasteiger partial charge < -0.3 is 4.48 Å². The quantitative estimate of drug-likeness (QED) is 0.233. The molecule has 3 aromatic heterocycles. The van der Waals surface area contributed by atoms with Crippen molar-refractivity contribution < 1.29 is 8.63 Å². The number of halogens is 2. The molecule has 0 amide bonds. The molecule has 6 rings (SSSR count). The van der Waals surface area contributed by atoms with Crippen molar-refractivity contribution in [3.05, 3.63) is 98.6 Å². The fraction of sp³-hybridized carbons (Fsp3) is 0.0769.